The molecule has 0 aromatic heterocycles. The van der Waals surface area contributed by atoms with Crippen LogP contribution in [0.15, 0.2) is 48.5 Å². The lowest BCUT2D eigenvalue weighted by molar-refractivity contribution is 0.0932. The van der Waals surface area contributed by atoms with Crippen LogP contribution >= 0.6 is 0 Å². The van der Waals surface area contributed by atoms with Gasteiger partial charge in [-0.25, -0.2) is 0 Å². The summed E-state index contributed by atoms with van der Waals surface area (Å²) in [6, 6.07) is 16.0. The second kappa shape index (κ2) is 8.19. The molecule has 1 aliphatic carbocycles. The van der Waals surface area contributed by atoms with E-state index in [0.717, 1.165) is 31.4 Å². The average molecular weight is 337 g/mol. The van der Waals surface area contributed by atoms with E-state index in [1.54, 1.807) is 0 Å². The second-order valence-corrected chi connectivity index (χ2v) is 7.17. The third kappa shape index (κ3) is 4.62. The molecule has 0 fully saturated rings. The Labute approximate surface area is 150 Å². The Kier molecular flexibility index (Phi) is 5.75. The van der Waals surface area contributed by atoms with Gasteiger partial charge >= 0.3 is 0 Å². The SMILES string of the molecule is CC(C)CCOc1ccc(C(=O)N[C@H]2CCCc3ccccc32)cc1. The lowest BCUT2D eigenvalue weighted by Gasteiger charge is -2.26. The maximum Gasteiger partial charge on any atom is 0.251 e. The molecule has 1 amide bonds. The molecule has 0 heterocycles. The van der Waals surface area contributed by atoms with Gasteiger partial charge in [-0.2, -0.15) is 0 Å². The Morgan fingerprint density at radius 3 is 2.68 bits per heavy atom. The smallest absolute Gasteiger partial charge is 0.251 e. The fourth-order valence-electron chi connectivity index (χ4n) is 3.26. The van der Waals surface area contributed by atoms with E-state index in [1.807, 2.05) is 30.3 Å². The van der Waals surface area contributed by atoms with Crippen LogP contribution in [0.2, 0.25) is 0 Å². The highest BCUT2D eigenvalue weighted by Gasteiger charge is 2.21. The third-order valence-corrected chi connectivity index (χ3v) is 4.76. The molecule has 3 heteroatoms. The van der Waals surface area contributed by atoms with Crippen LogP contribution < -0.4 is 10.1 Å². The number of fused-ring (bicyclic) bond motifs is 1. The monoisotopic (exact) mass is 337 g/mol. The first kappa shape index (κ1) is 17.5. The van der Waals surface area contributed by atoms with Gasteiger partial charge in [-0.3, -0.25) is 4.79 Å². The van der Waals surface area contributed by atoms with Crippen molar-refractivity contribution in [3.63, 3.8) is 0 Å². The van der Waals surface area contributed by atoms with Crippen molar-refractivity contribution < 1.29 is 9.53 Å². The zero-order chi connectivity index (χ0) is 17.6. The van der Waals surface area contributed by atoms with E-state index in [0.29, 0.717) is 18.1 Å². The van der Waals surface area contributed by atoms with Crippen LogP contribution in [0, 0.1) is 5.92 Å². The molecule has 0 spiro atoms. The van der Waals surface area contributed by atoms with E-state index in [-0.39, 0.29) is 11.9 Å². The quantitative estimate of drug-likeness (QED) is 0.812. The molecule has 3 rings (SSSR count). The Bertz CT molecular complexity index is 706. The molecule has 1 atom stereocenters. The molecule has 0 saturated carbocycles. The van der Waals surface area contributed by atoms with Crippen LogP contribution in [0.1, 0.15) is 60.6 Å². The molecule has 25 heavy (non-hydrogen) atoms. The van der Waals surface area contributed by atoms with Gasteiger partial charge in [0.15, 0.2) is 0 Å². The van der Waals surface area contributed by atoms with Crippen LogP contribution in [0.25, 0.3) is 0 Å². The molecule has 3 nitrogen and oxygen atoms in total. The lowest BCUT2D eigenvalue weighted by Crippen LogP contribution is -2.30. The highest BCUT2D eigenvalue weighted by molar-refractivity contribution is 5.94. The number of carbonyl (C=O) groups is 1. The number of aryl methyl sites for hydroxylation is 1. The van der Waals surface area contributed by atoms with Crippen molar-refractivity contribution in [2.75, 3.05) is 6.61 Å². The van der Waals surface area contributed by atoms with Gasteiger partial charge in [0.25, 0.3) is 5.91 Å². The van der Waals surface area contributed by atoms with E-state index in [4.69, 9.17) is 4.74 Å². The van der Waals surface area contributed by atoms with Crippen LogP contribution in [-0.4, -0.2) is 12.5 Å². The zero-order valence-electron chi connectivity index (χ0n) is 15.1. The summed E-state index contributed by atoms with van der Waals surface area (Å²) in [5, 5.41) is 3.19. The topological polar surface area (TPSA) is 38.3 Å². The molecular weight excluding hydrogens is 310 g/mol. The van der Waals surface area contributed by atoms with Crippen molar-refractivity contribution in [3.8, 4) is 5.75 Å². The number of amides is 1. The molecule has 2 aromatic rings. The summed E-state index contributed by atoms with van der Waals surface area (Å²) in [6.45, 7) is 5.07. The number of hydrogen-bond acceptors (Lipinski definition) is 2. The van der Waals surface area contributed by atoms with Crippen LogP contribution in [-0.2, 0) is 6.42 Å². The van der Waals surface area contributed by atoms with Gasteiger partial charge in [0.05, 0.1) is 12.6 Å². The minimum atomic E-state index is -0.0181. The summed E-state index contributed by atoms with van der Waals surface area (Å²) in [5.74, 6) is 1.43. The predicted molar refractivity (Wildman–Crippen MR) is 101 cm³/mol. The standard InChI is InChI=1S/C22H27NO2/c1-16(2)14-15-25-19-12-10-18(11-13-19)22(24)23-21-9-5-7-17-6-3-4-8-20(17)21/h3-4,6,8,10-13,16,21H,5,7,9,14-15H2,1-2H3,(H,23,24)/t21-/m0/s1. The van der Waals surface area contributed by atoms with E-state index in [9.17, 15) is 4.79 Å². The zero-order valence-corrected chi connectivity index (χ0v) is 15.1. The Balaban J connectivity index is 1.60. The maximum absolute atomic E-state index is 12.6. The van der Waals surface area contributed by atoms with Crippen LogP contribution in [0.4, 0.5) is 0 Å². The van der Waals surface area contributed by atoms with Crippen LogP contribution in [0.5, 0.6) is 5.75 Å². The van der Waals surface area contributed by atoms with Crippen molar-refractivity contribution >= 4 is 5.91 Å². The van der Waals surface area contributed by atoms with Crippen molar-refractivity contribution in [2.24, 2.45) is 5.92 Å². The maximum atomic E-state index is 12.6. The van der Waals surface area contributed by atoms with Crippen molar-refractivity contribution in [1.29, 1.82) is 0 Å². The van der Waals surface area contributed by atoms with E-state index in [1.165, 1.54) is 11.1 Å². The summed E-state index contributed by atoms with van der Waals surface area (Å²) in [6.07, 6.45) is 4.25. The first-order valence-corrected chi connectivity index (χ1v) is 9.25. The van der Waals surface area contributed by atoms with Gasteiger partial charge in [-0.15, -0.1) is 0 Å². The number of carbonyl (C=O) groups excluding carboxylic acids is 1. The lowest BCUT2D eigenvalue weighted by atomic mass is 9.87. The molecule has 1 aliphatic rings. The second-order valence-electron chi connectivity index (χ2n) is 7.17. The molecule has 0 aliphatic heterocycles. The summed E-state index contributed by atoms with van der Waals surface area (Å²) in [5.41, 5.74) is 3.29. The number of rotatable bonds is 6. The highest BCUT2D eigenvalue weighted by Crippen LogP contribution is 2.29. The molecular formula is C22H27NO2. The normalized spacial score (nSPS) is 16.4. The molecule has 0 bridgehead atoms. The predicted octanol–water partition coefficient (Wildman–Crippen LogP) is 4.92. The van der Waals surface area contributed by atoms with Crippen molar-refractivity contribution in [2.45, 2.75) is 45.6 Å². The average Bonchev–Trinajstić information content (AvgIpc) is 2.62. The minimum absolute atomic E-state index is 0.0181. The highest BCUT2D eigenvalue weighted by atomic mass is 16.5. The van der Waals surface area contributed by atoms with Crippen LogP contribution in [0.3, 0.4) is 0 Å². The van der Waals surface area contributed by atoms with Crippen molar-refractivity contribution in [3.05, 3.63) is 65.2 Å². The molecule has 0 radical (unpaired) electrons. The first-order valence-electron chi connectivity index (χ1n) is 9.25. The fraction of sp³-hybridized carbons (Fsp3) is 0.409. The molecule has 1 N–H and O–H groups in total. The van der Waals surface area contributed by atoms with Gasteiger partial charge in [0.1, 0.15) is 5.75 Å². The molecule has 0 unspecified atom stereocenters. The van der Waals surface area contributed by atoms with Gasteiger partial charge in [0.2, 0.25) is 0 Å². The number of nitrogens with one attached hydrogen (secondary N) is 1. The van der Waals surface area contributed by atoms with Crippen molar-refractivity contribution in [1.82, 2.24) is 5.32 Å². The first-order chi connectivity index (χ1) is 12.1. The van der Waals surface area contributed by atoms with Gasteiger partial charge in [0, 0.05) is 5.56 Å². The molecule has 132 valence electrons. The summed E-state index contributed by atoms with van der Waals surface area (Å²) in [7, 11) is 0. The minimum Gasteiger partial charge on any atom is -0.494 e. The molecule has 2 aromatic carbocycles. The van der Waals surface area contributed by atoms with Gasteiger partial charge in [-0.05, 0) is 67.0 Å². The molecule has 0 saturated heterocycles. The van der Waals surface area contributed by atoms with Gasteiger partial charge in [-0.1, -0.05) is 38.1 Å². The number of hydrogen-bond donors (Lipinski definition) is 1. The summed E-state index contributed by atoms with van der Waals surface area (Å²) < 4.78 is 5.72. The Hall–Kier alpha value is -2.29. The van der Waals surface area contributed by atoms with E-state index in [2.05, 4.69) is 37.4 Å². The van der Waals surface area contributed by atoms with E-state index >= 15 is 0 Å². The Morgan fingerprint density at radius 1 is 1.16 bits per heavy atom. The van der Waals surface area contributed by atoms with E-state index < -0.39 is 0 Å². The summed E-state index contributed by atoms with van der Waals surface area (Å²) in [4.78, 5) is 12.6. The van der Waals surface area contributed by atoms with Gasteiger partial charge < -0.3 is 10.1 Å². The third-order valence-electron chi connectivity index (χ3n) is 4.76. The Morgan fingerprint density at radius 2 is 1.92 bits per heavy atom. The fourth-order valence-corrected chi connectivity index (χ4v) is 3.26. The summed E-state index contributed by atoms with van der Waals surface area (Å²) >= 11 is 0. The number of benzene rings is 2. The largest absolute Gasteiger partial charge is 0.494 e. The number of ether oxygens (including phenoxy) is 1.